The summed E-state index contributed by atoms with van der Waals surface area (Å²) in [5, 5.41) is 2.97. The molecule has 0 radical (unpaired) electrons. The Morgan fingerprint density at radius 2 is 1.43 bits per heavy atom. The highest BCUT2D eigenvalue weighted by molar-refractivity contribution is 6.34. The zero-order valence-corrected chi connectivity index (χ0v) is 6.76. The van der Waals surface area contributed by atoms with Crippen molar-refractivity contribution in [2.45, 2.75) is 24.4 Å². The van der Waals surface area contributed by atoms with Crippen LogP contribution in [0.15, 0.2) is 0 Å². The summed E-state index contributed by atoms with van der Waals surface area (Å²) in [6.45, 7) is 4.55. The Labute approximate surface area is 74.7 Å². The van der Waals surface area contributed by atoms with Gasteiger partial charge in [0.25, 0.3) is 0 Å². The predicted molar refractivity (Wildman–Crippen MR) is 43.9 cm³/mol. The summed E-state index contributed by atoms with van der Waals surface area (Å²) in [6.07, 6.45) is 0. The normalized spacial score (nSPS) is 5.43. The molecule has 0 amide bonds. The van der Waals surface area contributed by atoms with E-state index in [1.54, 1.807) is 0 Å². The molecule has 0 unspecified atom stereocenters. The van der Waals surface area contributed by atoms with Gasteiger partial charge in [-0.05, 0) is 0 Å². The molecule has 0 heterocycles. The molecule has 0 N–H and O–H groups in total. The first kappa shape index (κ1) is 15.8. The van der Waals surface area contributed by atoms with Gasteiger partial charge in [0.15, 0.2) is 0 Å². The minimum Gasteiger partial charge on any atom is -0.147 e. The zero-order valence-electron chi connectivity index (χ0n) is 4.53. The molecule has 0 aromatic carbocycles. The van der Waals surface area contributed by atoms with Crippen LogP contribution < -0.4 is 0 Å². The van der Waals surface area contributed by atoms with Crippen molar-refractivity contribution in [2.24, 2.45) is 0 Å². The fraction of sp³-hybridized carbons (Fsp3) is 1.00. The molecule has 0 aromatic heterocycles. The molecule has 42 valence electrons. The standard InChI is InChI=1S/2C2H5.Al.ClH.Mg.3H/c2*1-2;;;;;;/h2*1H2,2H3;;1H;;;;. The van der Waals surface area contributed by atoms with Crippen molar-refractivity contribution in [3.8, 4) is 0 Å². The van der Waals surface area contributed by atoms with Crippen LogP contribution in [0.4, 0.5) is 0 Å². The molecule has 0 rings (SSSR count). The van der Waals surface area contributed by atoms with Gasteiger partial charge in [-0.25, -0.2) is 0 Å². The third-order valence-corrected chi connectivity index (χ3v) is 2.12. The third-order valence-electron chi connectivity index (χ3n) is 0.707. The van der Waals surface area contributed by atoms with Gasteiger partial charge >= 0.3 is 23.1 Å². The van der Waals surface area contributed by atoms with E-state index in [0.717, 1.165) is 0 Å². The van der Waals surface area contributed by atoms with Crippen LogP contribution in [-0.2, 0) is 0 Å². The average Bonchev–Trinajstić information content (AvgIpc) is 1.41. The van der Waals surface area contributed by atoms with Crippen LogP contribution in [0.1, 0.15) is 13.8 Å². The van der Waals surface area contributed by atoms with Crippen molar-refractivity contribution in [1.29, 1.82) is 0 Å². The van der Waals surface area contributed by atoms with Gasteiger partial charge in [-0.15, -0.1) is 23.0 Å². The highest BCUT2D eigenvalue weighted by Crippen LogP contribution is 1.77. The first-order valence-corrected chi connectivity index (χ1v) is 4.41. The molecule has 0 aliphatic heterocycles. The molecular weight excluding hydrogens is 135 g/mol. The molecule has 0 atom stereocenters. The second-order valence-corrected chi connectivity index (χ2v) is 4.06. The van der Waals surface area contributed by atoms with E-state index in [9.17, 15) is 0 Å². The minimum absolute atomic E-state index is 0. The van der Waals surface area contributed by atoms with Crippen LogP contribution in [0.2, 0.25) is 10.6 Å². The maximum absolute atomic E-state index is 2.27. The first-order valence-electron chi connectivity index (χ1n) is 2.41. The van der Waals surface area contributed by atoms with Crippen LogP contribution >= 0.6 is 12.4 Å². The summed E-state index contributed by atoms with van der Waals surface area (Å²) in [4.78, 5) is 0. The summed E-state index contributed by atoms with van der Waals surface area (Å²) in [5.41, 5.74) is 0. The van der Waals surface area contributed by atoms with Gasteiger partial charge in [0.1, 0.15) is 0 Å². The third kappa shape index (κ3) is 18.4. The van der Waals surface area contributed by atoms with Gasteiger partial charge in [0.05, 0.1) is 0 Å². The van der Waals surface area contributed by atoms with Crippen molar-refractivity contribution in [1.82, 2.24) is 0 Å². The largest absolute Gasteiger partial charge is 0.316 e. The van der Waals surface area contributed by atoms with Crippen molar-refractivity contribution >= 4 is 50.7 Å². The van der Waals surface area contributed by atoms with E-state index in [4.69, 9.17) is 0 Å². The first-order chi connectivity index (χ1) is 2.41. The van der Waals surface area contributed by atoms with Gasteiger partial charge in [-0.1, -0.05) is 13.8 Å². The molecule has 0 fully saturated rings. The lowest BCUT2D eigenvalue weighted by molar-refractivity contribution is 1.36. The van der Waals surface area contributed by atoms with Crippen molar-refractivity contribution in [2.75, 3.05) is 0 Å². The Balaban J connectivity index is -0.0000000800. The highest BCUT2D eigenvalue weighted by Gasteiger charge is 1.76. The number of hydrogen-bond donors (Lipinski definition) is 0. The summed E-state index contributed by atoms with van der Waals surface area (Å²) in [6, 6.07) is 0. The maximum Gasteiger partial charge on any atom is 0.316 e. The summed E-state index contributed by atoms with van der Waals surface area (Å²) >= 11 is 0.432. The molecule has 0 aliphatic carbocycles. The topological polar surface area (TPSA) is 0 Å². The van der Waals surface area contributed by atoms with Crippen molar-refractivity contribution in [3.05, 3.63) is 0 Å². The lowest BCUT2D eigenvalue weighted by Gasteiger charge is -1.73. The van der Waals surface area contributed by atoms with E-state index in [0.29, 0.717) is 15.2 Å². The minimum atomic E-state index is 0. The number of rotatable bonds is 2. The van der Waals surface area contributed by atoms with Crippen LogP contribution in [-0.4, -0.2) is 38.3 Å². The van der Waals surface area contributed by atoms with Gasteiger partial charge in [-0.3, -0.25) is 0 Å². The molecule has 0 aliphatic rings. The quantitative estimate of drug-likeness (QED) is 0.509. The Bertz CT molecular complexity index is 19.2. The summed E-state index contributed by atoms with van der Waals surface area (Å²) < 4.78 is 0. The molecule has 7 heavy (non-hydrogen) atoms. The Hall–Kier alpha value is 1.59. The number of halogens is 1. The van der Waals surface area contributed by atoms with Crippen LogP contribution in [0.25, 0.3) is 0 Å². The molecule has 3 heteroatoms. The second kappa shape index (κ2) is 15.6. The van der Waals surface area contributed by atoms with E-state index in [2.05, 4.69) is 13.8 Å². The fourth-order valence-corrected chi connectivity index (χ4v) is 1.06. The molecule has 0 nitrogen and oxygen atoms in total. The second-order valence-electron chi connectivity index (χ2n) is 1.35. The molecule has 0 saturated heterocycles. The van der Waals surface area contributed by atoms with E-state index >= 15 is 0 Å². The Morgan fingerprint density at radius 3 is 1.43 bits per heavy atom. The van der Waals surface area contributed by atoms with Gasteiger partial charge in [0, 0.05) is 0 Å². The van der Waals surface area contributed by atoms with Gasteiger partial charge in [0.2, 0.25) is 15.2 Å². The van der Waals surface area contributed by atoms with E-state index < -0.39 is 0 Å². The molecular formula is C4H14AlClMg. The Kier molecular flexibility index (Phi) is 35.4. The smallest absolute Gasteiger partial charge is 0.147 e. The van der Waals surface area contributed by atoms with Crippen molar-refractivity contribution < 1.29 is 0 Å². The summed E-state index contributed by atoms with van der Waals surface area (Å²) in [5.74, 6) is 0. The fourth-order valence-electron chi connectivity index (χ4n) is 0.354. The average molecular weight is 149 g/mol. The van der Waals surface area contributed by atoms with Crippen molar-refractivity contribution in [3.63, 3.8) is 0 Å². The van der Waals surface area contributed by atoms with Gasteiger partial charge in [-0.2, -0.15) is 0 Å². The SMILES string of the molecule is C[CH2][AlH][CH2]C.Cl.[MgH2]. The highest BCUT2D eigenvalue weighted by atomic mass is 35.5. The molecule has 0 saturated carbocycles. The van der Waals surface area contributed by atoms with E-state index in [1.165, 1.54) is 10.6 Å². The van der Waals surface area contributed by atoms with E-state index in [1.807, 2.05) is 0 Å². The molecule has 0 spiro atoms. The number of hydrogen-bond acceptors (Lipinski definition) is 0. The lowest BCUT2D eigenvalue weighted by Crippen LogP contribution is -1.76. The van der Waals surface area contributed by atoms with Crippen LogP contribution in [0.5, 0.6) is 0 Å². The Morgan fingerprint density at radius 1 is 1.14 bits per heavy atom. The van der Waals surface area contributed by atoms with E-state index in [-0.39, 0.29) is 35.5 Å². The van der Waals surface area contributed by atoms with Crippen LogP contribution in [0.3, 0.4) is 0 Å². The zero-order chi connectivity index (χ0) is 4.12. The predicted octanol–water partition coefficient (Wildman–Crippen LogP) is 0.805. The lowest BCUT2D eigenvalue weighted by atomic mass is 10.9. The monoisotopic (exact) mass is 148 g/mol. The molecule has 0 bridgehead atoms. The molecule has 0 aromatic rings. The van der Waals surface area contributed by atoms with Crippen LogP contribution in [0, 0.1) is 0 Å². The van der Waals surface area contributed by atoms with Gasteiger partial charge < -0.3 is 0 Å². The maximum atomic E-state index is 2.27. The summed E-state index contributed by atoms with van der Waals surface area (Å²) in [7, 11) is 0.